The number of nitro groups is 1. The van der Waals surface area contributed by atoms with Crippen molar-refractivity contribution >= 4 is 44.7 Å². The quantitative estimate of drug-likeness (QED) is 0.656. The van der Waals surface area contributed by atoms with Crippen LogP contribution >= 0.6 is 23.1 Å². The number of hydrogen-bond donors (Lipinski definition) is 1. The van der Waals surface area contributed by atoms with Gasteiger partial charge < -0.3 is 5.32 Å². The number of nitrogens with zero attached hydrogens (tertiary/aromatic N) is 2. The number of hydrogen-bond acceptors (Lipinski definition) is 6. The smallest absolute Gasteiger partial charge is 0.319 e. The maximum Gasteiger partial charge on any atom is 0.319 e. The number of aromatic nitrogens is 1. The average molecular weight is 323 g/mol. The van der Waals surface area contributed by atoms with Gasteiger partial charge in [-0.1, -0.05) is 6.92 Å². The van der Waals surface area contributed by atoms with Gasteiger partial charge in [-0.25, -0.2) is 4.98 Å². The molecular formula is C14H17N3O2S2. The molecule has 1 aliphatic rings. The van der Waals surface area contributed by atoms with E-state index in [9.17, 15) is 10.1 Å². The van der Waals surface area contributed by atoms with Gasteiger partial charge in [0.05, 0.1) is 15.1 Å². The van der Waals surface area contributed by atoms with Gasteiger partial charge in [-0.05, 0) is 37.1 Å². The highest BCUT2D eigenvalue weighted by atomic mass is 32.2. The minimum absolute atomic E-state index is 0.111. The first-order valence-electron chi connectivity index (χ1n) is 7.07. The third kappa shape index (κ3) is 2.98. The summed E-state index contributed by atoms with van der Waals surface area (Å²) in [6.07, 6.45) is 3.33. The molecule has 1 aliphatic carbocycles. The predicted molar refractivity (Wildman–Crippen MR) is 89.5 cm³/mol. The first-order valence-corrected chi connectivity index (χ1v) is 9.00. The Bertz CT molecular complexity index is 659. The van der Waals surface area contributed by atoms with E-state index in [1.54, 1.807) is 5.51 Å². The Morgan fingerprint density at radius 2 is 2.38 bits per heavy atom. The fraction of sp³-hybridized carbons (Fsp3) is 0.500. The van der Waals surface area contributed by atoms with Crippen molar-refractivity contribution in [1.82, 2.24) is 4.98 Å². The molecule has 0 radical (unpaired) electrons. The average Bonchev–Trinajstić information content (AvgIpc) is 3.07. The first kappa shape index (κ1) is 14.6. The van der Waals surface area contributed by atoms with Gasteiger partial charge >= 0.3 is 5.69 Å². The van der Waals surface area contributed by atoms with Crippen molar-refractivity contribution in [3.05, 3.63) is 27.8 Å². The number of benzene rings is 1. The van der Waals surface area contributed by atoms with E-state index >= 15 is 0 Å². The molecule has 1 aromatic carbocycles. The minimum Gasteiger partial charge on any atom is -0.377 e. The summed E-state index contributed by atoms with van der Waals surface area (Å²) < 4.78 is 0.859. The molecule has 0 aliphatic heterocycles. The van der Waals surface area contributed by atoms with Crippen LogP contribution in [0.2, 0.25) is 0 Å². The van der Waals surface area contributed by atoms with Crippen molar-refractivity contribution in [3.63, 3.8) is 0 Å². The van der Waals surface area contributed by atoms with Crippen LogP contribution in [0.4, 0.5) is 11.4 Å². The van der Waals surface area contributed by atoms with E-state index in [2.05, 4.69) is 17.2 Å². The highest BCUT2D eigenvalue weighted by molar-refractivity contribution is 7.99. The summed E-state index contributed by atoms with van der Waals surface area (Å²) >= 11 is 3.41. The highest BCUT2D eigenvalue weighted by Crippen LogP contribution is 2.37. The van der Waals surface area contributed by atoms with Crippen molar-refractivity contribution in [1.29, 1.82) is 0 Å². The van der Waals surface area contributed by atoms with E-state index in [0.29, 0.717) is 22.5 Å². The summed E-state index contributed by atoms with van der Waals surface area (Å²) in [4.78, 5) is 15.2. The molecule has 3 rings (SSSR count). The third-order valence-electron chi connectivity index (χ3n) is 3.80. The lowest BCUT2D eigenvalue weighted by Crippen LogP contribution is -2.17. The largest absolute Gasteiger partial charge is 0.377 e. The summed E-state index contributed by atoms with van der Waals surface area (Å²) in [5.74, 6) is 1.13. The molecule has 1 heterocycles. The molecule has 2 aromatic rings. The van der Waals surface area contributed by atoms with Gasteiger partial charge in [0.15, 0.2) is 5.52 Å². The number of fused-ring (bicyclic) bond motifs is 1. The van der Waals surface area contributed by atoms with Crippen LogP contribution in [0.25, 0.3) is 10.2 Å². The van der Waals surface area contributed by atoms with Crippen LogP contribution in [0.15, 0.2) is 17.6 Å². The fourth-order valence-electron chi connectivity index (χ4n) is 2.90. The van der Waals surface area contributed by atoms with E-state index in [1.165, 1.54) is 17.8 Å². The van der Waals surface area contributed by atoms with Gasteiger partial charge in [-0.15, -0.1) is 11.3 Å². The van der Waals surface area contributed by atoms with Crippen molar-refractivity contribution in [2.45, 2.75) is 37.5 Å². The second-order valence-electron chi connectivity index (χ2n) is 5.15. The lowest BCUT2D eigenvalue weighted by atomic mass is 10.2. The SMILES string of the molecule is CCSC1CCC(Nc2ccc3scnc3c2[N+](=O)[O-])C1. The van der Waals surface area contributed by atoms with E-state index in [1.807, 2.05) is 23.9 Å². The van der Waals surface area contributed by atoms with Crippen LogP contribution in [0.5, 0.6) is 0 Å². The van der Waals surface area contributed by atoms with Crippen molar-refractivity contribution < 1.29 is 4.92 Å². The lowest BCUT2D eigenvalue weighted by Gasteiger charge is -2.14. The Balaban J connectivity index is 1.84. The molecule has 0 bridgehead atoms. The van der Waals surface area contributed by atoms with Crippen molar-refractivity contribution in [2.75, 3.05) is 11.1 Å². The molecule has 7 heteroatoms. The van der Waals surface area contributed by atoms with Gasteiger partial charge in [0.25, 0.3) is 0 Å². The molecule has 21 heavy (non-hydrogen) atoms. The topological polar surface area (TPSA) is 68.1 Å². The zero-order valence-corrected chi connectivity index (χ0v) is 13.4. The monoisotopic (exact) mass is 323 g/mol. The van der Waals surface area contributed by atoms with Gasteiger partial charge in [0.2, 0.25) is 0 Å². The molecular weight excluding hydrogens is 306 g/mol. The molecule has 1 aromatic heterocycles. The molecule has 1 saturated carbocycles. The third-order valence-corrected chi connectivity index (χ3v) is 5.83. The minimum atomic E-state index is -0.322. The van der Waals surface area contributed by atoms with Gasteiger partial charge in [-0.2, -0.15) is 11.8 Å². The van der Waals surface area contributed by atoms with E-state index in [4.69, 9.17) is 0 Å². The second-order valence-corrected chi connectivity index (χ2v) is 7.61. The Kier molecular flexibility index (Phi) is 4.30. The van der Waals surface area contributed by atoms with Gasteiger partial charge in [0, 0.05) is 11.3 Å². The molecule has 112 valence electrons. The normalized spacial score (nSPS) is 21.8. The van der Waals surface area contributed by atoms with Crippen LogP contribution in [0.1, 0.15) is 26.2 Å². The van der Waals surface area contributed by atoms with E-state index in [-0.39, 0.29) is 10.6 Å². The summed E-state index contributed by atoms with van der Waals surface area (Å²) in [5.41, 5.74) is 2.86. The molecule has 2 atom stereocenters. The lowest BCUT2D eigenvalue weighted by molar-refractivity contribution is -0.382. The molecule has 5 nitrogen and oxygen atoms in total. The fourth-order valence-corrected chi connectivity index (χ4v) is 4.72. The maximum atomic E-state index is 11.4. The highest BCUT2D eigenvalue weighted by Gasteiger charge is 2.27. The Labute approximate surface area is 131 Å². The number of anilines is 1. The van der Waals surface area contributed by atoms with Crippen LogP contribution in [0.3, 0.4) is 0 Å². The second kappa shape index (κ2) is 6.19. The molecule has 1 N–H and O–H groups in total. The zero-order valence-electron chi connectivity index (χ0n) is 11.7. The number of thiazole rings is 1. The number of rotatable bonds is 5. The number of thioether (sulfide) groups is 1. The molecule has 0 saturated heterocycles. The molecule has 0 amide bonds. The van der Waals surface area contributed by atoms with Gasteiger partial charge in [0.1, 0.15) is 5.69 Å². The summed E-state index contributed by atoms with van der Waals surface area (Å²) in [5, 5.41) is 15.4. The summed E-state index contributed by atoms with van der Waals surface area (Å²) in [6.45, 7) is 2.17. The number of nitrogens with one attached hydrogen (secondary N) is 1. The molecule has 1 fully saturated rings. The molecule has 2 unspecified atom stereocenters. The van der Waals surface area contributed by atoms with Gasteiger partial charge in [-0.3, -0.25) is 10.1 Å². The summed E-state index contributed by atoms with van der Waals surface area (Å²) in [7, 11) is 0. The van der Waals surface area contributed by atoms with E-state index in [0.717, 1.165) is 23.3 Å². The van der Waals surface area contributed by atoms with Crippen LogP contribution < -0.4 is 5.32 Å². The summed E-state index contributed by atoms with van der Waals surface area (Å²) in [6, 6.07) is 4.05. The Morgan fingerprint density at radius 1 is 1.52 bits per heavy atom. The number of nitro benzene ring substituents is 1. The van der Waals surface area contributed by atoms with Crippen LogP contribution in [-0.2, 0) is 0 Å². The van der Waals surface area contributed by atoms with Crippen molar-refractivity contribution in [3.8, 4) is 0 Å². The predicted octanol–water partition coefficient (Wildman–Crippen LogP) is 4.29. The Morgan fingerprint density at radius 3 is 3.14 bits per heavy atom. The molecule has 0 spiro atoms. The Hall–Kier alpha value is -1.34. The maximum absolute atomic E-state index is 11.4. The van der Waals surface area contributed by atoms with Crippen LogP contribution in [0, 0.1) is 10.1 Å². The van der Waals surface area contributed by atoms with Crippen LogP contribution in [-0.4, -0.2) is 27.0 Å². The first-order chi connectivity index (χ1) is 10.2. The standard InChI is InChI=1S/C14H17N3O2S2/c1-2-20-10-4-3-9(7-10)16-11-5-6-12-13(15-8-21-12)14(11)17(18)19/h5-6,8-10,16H,2-4,7H2,1H3. The zero-order chi connectivity index (χ0) is 14.8. The van der Waals surface area contributed by atoms with E-state index < -0.39 is 0 Å². The van der Waals surface area contributed by atoms with Crippen molar-refractivity contribution in [2.24, 2.45) is 0 Å².